The van der Waals surface area contributed by atoms with E-state index in [1.807, 2.05) is 24.3 Å². The summed E-state index contributed by atoms with van der Waals surface area (Å²) in [6.45, 7) is 7.56. The molecule has 0 unspecified atom stereocenters. The third-order valence-electron chi connectivity index (χ3n) is 7.93. The number of rotatable bonds is 9. The molecule has 47 heavy (non-hydrogen) atoms. The van der Waals surface area contributed by atoms with Crippen LogP contribution in [0.4, 0.5) is 10.5 Å². The predicted octanol–water partition coefficient (Wildman–Crippen LogP) is 5.14. The number of piperazine rings is 1. The first-order valence-electron chi connectivity index (χ1n) is 15.3. The van der Waals surface area contributed by atoms with Crippen molar-refractivity contribution in [2.24, 2.45) is 0 Å². The van der Waals surface area contributed by atoms with Gasteiger partial charge in [0.15, 0.2) is 0 Å². The monoisotopic (exact) mass is 660 g/mol. The van der Waals surface area contributed by atoms with E-state index in [2.05, 4.69) is 9.88 Å². The number of methoxy groups -OCH3 is 1. The van der Waals surface area contributed by atoms with Gasteiger partial charge in [-0.2, -0.15) is 8.42 Å². The van der Waals surface area contributed by atoms with Crippen molar-refractivity contribution >= 4 is 38.6 Å². The highest BCUT2D eigenvalue weighted by atomic mass is 32.2. The lowest BCUT2D eigenvalue weighted by Gasteiger charge is -2.39. The van der Waals surface area contributed by atoms with E-state index in [1.54, 1.807) is 88.5 Å². The number of carbonyl (C=O) groups excluding carboxylic acids is 2. The number of nitrogens with zero attached hydrogens (tertiary/aromatic N) is 4. The number of pyridine rings is 1. The predicted molar refractivity (Wildman–Crippen MR) is 179 cm³/mol. The van der Waals surface area contributed by atoms with E-state index in [4.69, 9.17) is 13.7 Å². The van der Waals surface area contributed by atoms with E-state index >= 15 is 0 Å². The second kappa shape index (κ2) is 13.9. The van der Waals surface area contributed by atoms with Gasteiger partial charge in [0.1, 0.15) is 28.0 Å². The van der Waals surface area contributed by atoms with Crippen LogP contribution in [0.2, 0.25) is 0 Å². The fourth-order valence-electron chi connectivity index (χ4n) is 5.43. The van der Waals surface area contributed by atoms with Gasteiger partial charge in [-0.1, -0.05) is 24.3 Å². The van der Waals surface area contributed by atoms with Gasteiger partial charge in [0.25, 0.3) is 0 Å². The molecule has 11 nitrogen and oxygen atoms in total. The maximum atomic E-state index is 14.0. The minimum absolute atomic E-state index is 0.0400. The first-order valence-corrected chi connectivity index (χ1v) is 16.8. The van der Waals surface area contributed by atoms with Gasteiger partial charge in [0.05, 0.1) is 7.11 Å². The van der Waals surface area contributed by atoms with Crippen molar-refractivity contribution in [3.8, 4) is 11.5 Å². The van der Waals surface area contributed by atoms with Crippen molar-refractivity contribution in [2.45, 2.75) is 43.7 Å². The van der Waals surface area contributed by atoms with Crippen molar-refractivity contribution in [3.05, 3.63) is 90.8 Å². The van der Waals surface area contributed by atoms with Crippen LogP contribution in [-0.2, 0) is 26.1 Å². The van der Waals surface area contributed by atoms with Crippen LogP contribution in [0.3, 0.4) is 0 Å². The summed E-state index contributed by atoms with van der Waals surface area (Å²) in [5, 5.41) is 1.19. The van der Waals surface area contributed by atoms with Gasteiger partial charge in [0.2, 0.25) is 5.91 Å². The Morgan fingerprint density at radius 2 is 1.57 bits per heavy atom. The molecule has 0 aliphatic carbocycles. The van der Waals surface area contributed by atoms with Gasteiger partial charge in [-0.15, -0.1) is 0 Å². The number of amides is 2. The number of likely N-dealkylation sites (N-methyl/N-ethyl adjacent to an activating group) is 1. The van der Waals surface area contributed by atoms with Crippen LogP contribution in [0.1, 0.15) is 26.3 Å². The summed E-state index contributed by atoms with van der Waals surface area (Å²) in [4.78, 5) is 36.5. The number of aromatic nitrogens is 1. The molecule has 0 bridgehead atoms. The Hall–Kier alpha value is -4.84. The Bertz CT molecular complexity index is 1810. The molecule has 1 aliphatic heterocycles. The Balaban J connectivity index is 1.31. The molecule has 248 valence electrons. The lowest BCUT2D eigenvalue weighted by atomic mass is 10.0. The maximum absolute atomic E-state index is 14.0. The molecule has 1 saturated heterocycles. The summed E-state index contributed by atoms with van der Waals surface area (Å²) in [6.07, 6.45) is 2.71. The lowest BCUT2D eigenvalue weighted by Crippen LogP contribution is -2.56. The smallest absolute Gasteiger partial charge is 0.410 e. The lowest BCUT2D eigenvalue weighted by molar-refractivity contribution is -0.136. The van der Waals surface area contributed by atoms with Crippen molar-refractivity contribution in [1.29, 1.82) is 0 Å². The number of carbonyl (C=O) groups is 2. The number of hydrogen-bond donors (Lipinski definition) is 0. The van der Waals surface area contributed by atoms with E-state index in [-0.39, 0.29) is 23.0 Å². The standard InChI is InChI=1S/C35H40N4O7S/c1-35(2,3)45-34(41)37(4)31(33(40)39-21-19-38(20-22-39)27-11-15-28(44-5)16-12-27)23-25-9-13-29(14-10-25)46-47(42,43)32-8-6-7-26-24-36-18-17-30(26)32/h6-18,24,31H,19-23H2,1-5H3/t31-/m0/s1. The summed E-state index contributed by atoms with van der Waals surface area (Å²) < 4.78 is 42.8. The van der Waals surface area contributed by atoms with E-state index in [0.29, 0.717) is 37.0 Å². The Labute approximate surface area is 275 Å². The second-order valence-corrected chi connectivity index (χ2v) is 13.9. The molecule has 0 saturated carbocycles. The summed E-state index contributed by atoms with van der Waals surface area (Å²) in [6, 6.07) is 20.0. The highest BCUT2D eigenvalue weighted by molar-refractivity contribution is 7.87. The van der Waals surface area contributed by atoms with E-state index in [9.17, 15) is 18.0 Å². The van der Waals surface area contributed by atoms with Gasteiger partial charge >= 0.3 is 16.2 Å². The summed E-state index contributed by atoms with van der Waals surface area (Å²) in [7, 11) is -0.951. The molecule has 0 radical (unpaired) electrons. The van der Waals surface area contributed by atoms with Gasteiger partial charge in [0, 0.05) is 68.5 Å². The van der Waals surface area contributed by atoms with Crippen molar-refractivity contribution in [1.82, 2.24) is 14.8 Å². The number of anilines is 1. The molecular weight excluding hydrogens is 620 g/mol. The fraction of sp³-hybridized carbons (Fsp3) is 0.343. The Morgan fingerprint density at radius 3 is 2.21 bits per heavy atom. The first kappa shape index (κ1) is 33.5. The minimum Gasteiger partial charge on any atom is -0.497 e. The molecular formula is C35H40N4O7S. The van der Waals surface area contributed by atoms with Crippen LogP contribution in [0, 0.1) is 0 Å². The molecule has 1 aromatic heterocycles. The molecule has 3 aromatic carbocycles. The average Bonchev–Trinajstić information content (AvgIpc) is 3.06. The molecule has 1 atom stereocenters. The van der Waals surface area contributed by atoms with Gasteiger partial charge in [-0.25, -0.2) is 4.79 Å². The van der Waals surface area contributed by atoms with E-state index in [1.165, 1.54) is 17.2 Å². The number of ether oxygens (including phenoxy) is 2. The normalized spacial score (nSPS) is 14.4. The fourth-order valence-corrected chi connectivity index (χ4v) is 6.58. The highest BCUT2D eigenvalue weighted by Crippen LogP contribution is 2.27. The van der Waals surface area contributed by atoms with Gasteiger partial charge in [-0.3, -0.25) is 14.7 Å². The molecule has 1 fully saturated rings. The number of benzene rings is 3. The first-order chi connectivity index (χ1) is 22.3. The number of hydrogen-bond acceptors (Lipinski definition) is 9. The largest absolute Gasteiger partial charge is 0.497 e. The maximum Gasteiger partial charge on any atom is 0.410 e. The van der Waals surface area contributed by atoms with Crippen LogP contribution in [0.25, 0.3) is 10.8 Å². The van der Waals surface area contributed by atoms with Crippen LogP contribution in [0.5, 0.6) is 11.5 Å². The molecule has 2 amide bonds. The molecule has 5 rings (SSSR count). The molecule has 0 spiro atoms. The second-order valence-electron chi connectivity index (χ2n) is 12.4. The van der Waals surface area contributed by atoms with Gasteiger partial charge in [-0.05, 0) is 74.9 Å². The van der Waals surface area contributed by atoms with Crippen molar-refractivity contribution in [3.63, 3.8) is 0 Å². The van der Waals surface area contributed by atoms with E-state index < -0.39 is 27.9 Å². The topological polar surface area (TPSA) is 119 Å². The van der Waals surface area contributed by atoms with Crippen LogP contribution >= 0.6 is 0 Å². The summed E-state index contributed by atoms with van der Waals surface area (Å²) in [5.41, 5.74) is 1.02. The zero-order valence-corrected chi connectivity index (χ0v) is 28.1. The zero-order valence-electron chi connectivity index (χ0n) is 27.3. The van der Waals surface area contributed by atoms with E-state index in [0.717, 1.165) is 17.0 Å². The van der Waals surface area contributed by atoms with Gasteiger partial charge < -0.3 is 23.5 Å². The Morgan fingerprint density at radius 1 is 0.915 bits per heavy atom. The molecule has 2 heterocycles. The zero-order chi connectivity index (χ0) is 33.8. The average molecular weight is 661 g/mol. The molecule has 4 aromatic rings. The molecule has 1 aliphatic rings. The van der Waals surface area contributed by atoms with Crippen LogP contribution < -0.4 is 13.8 Å². The Kier molecular flexibility index (Phi) is 9.90. The molecule has 0 N–H and O–H groups in total. The minimum atomic E-state index is -4.14. The SMILES string of the molecule is COc1ccc(N2CCN(C(=O)[C@H](Cc3ccc(OS(=O)(=O)c4cccc5cnccc45)cc3)N(C)C(=O)OC(C)(C)C)CC2)cc1. The number of fused-ring (bicyclic) bond motifs is 1. The third-order valence-corrected chi connectivity index (χ3v) is 9.24. The quantitative estimate of drug-likeness (QED) is 0.225. The third kappa shape index (κ3) is 8.12. The molecule has 12 heteroatoms. The van der Waals surface area contributed by atoms with Crippen molar-refractivity contribution in [2.75, 3.05) is 45.2 Å². The van der Waals surface area contributed by atoms with Crippen LogP contribution in [-0.4, -0.2) is 87.2 Å². The van der Waals surface area contributed by atoms with Crippen molar-refractivity contribution < 1.29 is 31.7 Å². The highest BCUT2D eigenvalue weighted by Gasteiger charge is 2.34. The summed E-state index contributed by atoms with van der Waals surface area (Å²) in [5.74, 6) is 0.707. The summed E-state index contributed by atoms with van der Waals surface area (Å²) >= 11 is 0. The van der Waals surface area contributed by atoms with Crippen LogP contribution in [0.15, 0.2) is 90.1 Å².